The maximum absolute atomic E-state index is 13.2. The molecule has 0 amide bonds. The molecular formula is C11H12ClF. The van der Waals surface area contributed by atoms with Gasteiger partial charge in [-0.25, -0.2) is 4.39 Å². The Morgan fingerprint density at radius 1 is 1.54 bits per heavy atom. The first kappa shape index (κ1) is 10.3. The molecule has 0 aliphatic heterocycles. The smallest absolute Gasteiger partial charge is 0.127 e. The molecule has 1 aromatic rings. The van der Waals surface area contributed by atoms with E-state index >= 15 is 0 Å². The predicted octanol–water partition coefficient (Wildman–Crippen LogP) is 3.99. The van der Waals surface area contributed by atoms with Gasteiger partial charge in [-0.1, -0.05) is 23.2 Å². The molecule has 2 heteroatoms. The van der Waals surface area contributed by atoms with Crippen LogP contribution < -0.4 is 0 Å². The molecule has 0 aromatic heterocycles. The van der Waals surface area contributed by atoms with Crippen molar-refractivity contribution in [3.63, 3.8) is 0 Å². The minimum Gasteiger partial charge on any atom is -0.207 e. The second kappa shape index (κ2) is 4.43. The molecule has 0 unspecified atom stereocenters. The van der Waals surface area contributed by atoms with E-state index in [0.717, 1.165) is 12.0 Å². The summed E-state index contributed by atoms with van der Waals surface area (Å²) < 4.78 is 13.2. The van der Waals surface area contributed by atoms with E-state index in [0.29, 0.717) is 17.0 Å². The summed E-state index contributed by atoms with van der Waals surface area (Å²) in [5.41, 5.74) is 1.77. The number of allylic oxidation sites excluding steroid dienone is 1. The summed E-state index contributed by atoms with van der Waals surface area (Å²) >= 11 is 5.62. The Labute approximate surface area is 83.0 Å². The molecule has 0 bridgehead atoms. The van der Waals surface area contributed by atoms with Crippen LogP contribution in [-0.2, 0) is 6.42 Å². The van der Waals surface area contributed by atoms with E-state index in [-0.39, 0.29) is 5.82 Å². The van der Waals surface area contributed by atoms with Crippen LogP contribution in [-0.4, -0.2) is 0 Å². The van der Waals surface area contributed by atoms with Crippen molar-refractivity contribution in [3.05, 3.63) is 46.8 Å². The zero-order valence-corrected chi connectivity index (χ0v) is 8.37. The van der Waals surface area contributed by atoms with Crippen molar-refractivity contribution in [2.24, 2.45) is 0 Å². The van der Waals surface area contributed by atoms with Gasteiger partial charge in [0.05, 0.1) is 0 Å². The van der Waals surface area contributed by atoms with Gasteiger partial charge in [-0.3, -0.25) is 0 Å². The number of hydrogen-bond acceptors (Lipinski definition) is 0. The van der Waals surface area contributed by atoms with Crippen molar-refractivity contribution < 1.29 is 4.39 Å². The molecule has 13 heavy (non-hydrogen) atoms. The molecule has 1 aromatic carbocycles. The van der Waals surface area contributed by atoms with Gasteiger partial charge >= 0.3 is 0 Å². The molecule has 0 saturated carbocycles. The van der Waals surface area contributed by atoms with E-state index in [4.69, 9.17) is 11.6 Å². The lowest BCUT2D eigenvalue weighted by molar-refractivity contribution is 0.608. The van der Waals surface area contributed by atoms with Crippen molar-refractivity contribution in [1.82, 2.24) is 0 Å². The van der Waals surface area contributed by atoms with Gasteiger partial charge in [0.1, 0.15) is 5.82 Å². The lowest BCUT2D eigenvalue weighted by Gasteiger charge is -2.02. The Hall–Kier alpha value is -0.820. The standard InChI is InChI=1S/C11H12ClF/c1-8(2)3-4-9-5-6-10(12)7-11(9)13/h5-7H,1,3-4H2,2H3. The van der Waals surface area contributed by atoms with Crippen LogP contribution in [0.25, 0.3) is 0 Å². The van der Waals surface area contributed by atoms with Crippen LogP contribution in [0, 0.1) is 5.82 Å². The lowest BCUT2D eigenvalue weighted by Crippen LogP contribution is -1.90. The molecular weight excluding hydrogens is 187 g/mol. The number of halogens is 2. The third-order valence-electron chi connectivity index (χ3n) is 1.84. The molecule has 0 N–H and O–H groups in total. The SMILES string of the molecule is C=C(C)CCc1ccc(Cl)cc1F. The van der Waals surface area contributed by atoms with E-state index in [2.05, 4.69) is 6.58 Å². The maximum atomic E-state index is 13.2. The van der Waals surface area contributed by atoms with Crippen LogP contribution in [0.15, 0.2) is 30.4 Å². The summed E-state index contributed by atoms with van der Waals surface area (Å²) in [6.45, 7) is 5.71. The van der Waals surface area contributed by atoms with E-state index in [1.54, 1.807) is 12.1 Å². The van der Waals surface area contributed by atoms with Gasteiger partial charge in [-0.2, -0.15) is 0 Å². The second-order valence-electron chi connectivity index (χ2n) is 3.19. The van der Waals surface area contributed by atoms with Gasteiger partial charge < -0.3 is 0 Å². The van der Waals surface area contributed by atoms with Crippen molar-refractivity contribution in [2.45, 2.75) is 19.8 Å². The van der Waals surface area contributed by atoms with Gasteiger partial charge in [0.15, 0.2) is 0 Å². The van der Waals surface area contributed by atoms with Gasteiger partial charge in [0.25, 0.3) is 0 Å². The van der Waals surface area contributed by atoms with Crippen molar-refractivity contribution >= 4 is 11.6 Å². The Bertz CT molecular complexity index is 318. The summed E-state index contributed by atoms with van der Waals surface area (Å²) in [5, 5.41) is 0.441. The molecule has 0 fully saturated rings. The lowest BCUT2D eigenvalue weighted by atomic mass is 10.1. The van der Waals surface area contributed by atoms with E-state index in [9.17, 15) is 4.39 Å². The average molecular weight is 199 g/mol. The fourth-order valence-electron chi connectivity index (χ4n) is 1.07. The van der Waals surface area contributed by atoms with Gasteiger partial charge in [-0.05, 0) is 37.5 Å². The third kappa shape index (κ3) is 3.19. The molecule has 0 aliphatic carbocycles. The highest BCUT2D eigenvalue weighted by Crippen LogP contribution is 2.16. The summed E-state index contributed by atoms with van der Waals surface area (Å²) in [7, 11) is 0. The molecule has 0 atom stereocenters. The first-order chi connectivity index (χ1) is 6.09. The van der Waals surface area contributed by atoms with Gasteiger partial charge in [-0.15, -0.1) is 6.58 Å². The fraction of sp³-hybridized carbons (Fsp3) is 0.273. The number of hydrogen-bond donors (Lipinski definition) is 0. The van der Waals surface area contributed by atoms with Crippen LogP contribution in [0.1, 0.15) is 18.9 Å². The number of benzene rings is 1. The van der Waals surface area contributed by atoms with Crippen molar-refractivity contribution in [3.8, 4) is 0 Å². The van der Waals surface area contributed by atoms with Crippen LogP contribution in [0.5, 0.6) is 0 Å². The monoisotopic (exact) mass is 198 g/mol. The average Bonchev–Trinajstić information content (AvgIpc) is 2.02. The first-order valence-electron chi connectivity index (χ1n) is 4.18. The highest BCUT2D eigenvalue weighted by molar-refractivity contribution is 6.30. The second-order valence-corrected chi connectivity index (χ2v) is 3.63. The zero-order valence-electron chi connectivity index (χ0n) is 7.61. The highest BCUT2D eigenvalue weighted by atomic mass is 35.5. The zero-order chi connectivity index (χ0) is 9.84. The largest absolute Gasteiger partial charge is 0.207 e. The number of rotatable bonds is 3. The Morgan fingerprint density at radius 2 is 2.23 bits per heavy atom. The first-order valence-corrected chi connectivity index (χ1v) is 4.55. The minimum atomic E-state index is -0.228. The minimum absolute atomic E-state index is 0.228. The Morgan fingerprint density at radius 3 is 2.77 bits per heavy atom. The summed E-state index contributed by atoms with van der Waals surface area (Å²) in [6.07, 6.45) is 1.51. The molecule has 70 valence electrons. The Kier molecular flexibility index (Phi) is 3.49. The van der Waals surface area contributed by atoms with Gasteiger partial charge in [0.2, 0.25) is 0 Å². The summed E-state index contributed by atoms with van der Waals surface area (Å²) in [6, 6.07) is 4.77. The Balaban J connectivity index is 2.72. The van der Waals surface area contributed by atoms with Crippen LogP contribution in [0.3, 0.4) is 0 Å². The van der Waals surface area contributed by atoms with Crippen molar-refractivity contribution in [1.29, 1.82) is 0 Å². The van der Waals surface area contributed by atoms with E-state index in [1.165, 1.54) is 6.07 Å². The highest BCUT2D eigenvalue weighted by Gasteiger charge is 2.02. The van der Waals surface area contributed by atoms with E-state index in [1.807, 2.05) is 6.92 Å². The van der Waals surface area contributed by atoms with Crippen molar-refractivity contribution in [2.75, 3.05) is 0 Å². The normalized spacial score (nSPS) is 10.1. The third-order valence-corrected chi connectivity index (χ3v) is 2.07. The molecule has 0 heterocycles. The van der Waals surface area contributed by atoms with Crippen LogP contribution in [0.4, 0.5) is 4.39 Å². The maximum Gasteiger partial charge on any atom is 0.127 e. The molecule has 0 nitrogen and oxygen atoms in total. The summed E-state index contributed by atoms with van der Waals surface area (Å²) in [4.78, 5) is 0. The molecule has 1 rings (SSSR count). The molecule has 0 saturated heterocycles. The van der Waals surface area contributed by atoms with E-state index < -0.39 is 0 Å². The van der Waals surface area contributed by atoms with Crippen LogP contribution >= 0.6 is 11.6 Å². The molecule has 0 spiro atoms. The predicted molar refractivity (Wildman–Crippen MR) is 54.5 cm³/mol. The topological polar surface area (TPSA) is 0 Å². The molecule has 0 aliphatic rings. The van der Waals surface area contributed by atoms with Gasteiger partial charge in [0, 0.05) is 5.02 Å². The quantitative estimate of drug-likeness (QED) is 0.645. The fourth-order valence-corrected chi connectivity index (χ4v) is 1.23. The number of aryl methyl sites for hydroxylation is 1. The molecule has 0 radical (unpaired) electrons. The summed E-state index contributed by atoms with van der Waals surface area (Å²) in [5.74, 6) is -0.228. The van der Waals surface area contributed by atoms with Crippen LogP contribution in [0.2, 0.25) is 5.02 Å².